The molecule has 0 atom stereocenters. The number of aliphatic imine (C=N–C) groups is 1. The summed E-state index contributed by atoms with van der Waals surface area (Å²) in [5.41, 5.74) is 4.14. The lowest BCUT2D eigenvalue weighted by atomic mass is 10.2. The number of hydrogen-bond donors (Lipinski definition) is 2. The minimum Gasteiger partial charge on any atom is -0.357 e. The van der Waals surface area contributed by atoms with E-state index in [1.807, 2.05) is 66.5 Å². The highest BCUT2D eigenvalue weighted by Crippen LogP contribution is 2.07. The van der Waals surface area contributed by atoms with E-state index in [0.29, 0.717) is 13.1 Å². The zero-order chi connectivity index (χ0) is 18.2. The second-order valence-corrected chi connectivity index (χ2v) is 5.90. The molecule has 7 heteroatoms. The van der Waals surface area contributed by atoms with Crippen LogP contribution in [0.2, 0.25) is 0 Å². The number of pyridine rings is 1. The van der Waals surface area contributed by atoms with Gasteiger partial charge in [-0.3, -0.25) is 4.98 Å². The molecule has 3 aromatic rings. The molecule has 1 aromatic carbocycles. The molecular weight excluding hydrogens is 451 g/mol. The third-order valence-electron chi connectivity index (χ3n) is 3.95. The summed E-state index contributed by atoms with van der Waals surface area (Å²) in [6.07, 6.45) is 3.77. The van der Waals surface area contributed by atoms with Crippen LogP contribution in [-0.4, -0.2) is 27.3 Å². The van der Waals surface area contributed by atoms with Gasteiger partial charge < -0.3 is 10.6 Å². The van der Waals surface area contributed by atoms with E-state index in [4.69, 9.17) is 0 Å². The predicted octanol–water partition coefficient (Wildman–Crippen LogP) is 3.45. The predicted molar refractivity (Wildman–Crippen MR) is 120 cm³/mol. The van der Waals surface area contributed by atoms with E-state index in [1.54, 1.807) is 0 Å². The summed E-state index contributed by atoms with van der Waals surface area (Å²) in [6, 6.07) is 16.1. The van der Waals surface area contributed by atoms with E-state index in [9.17, 15) is 0 Å². The van der Waals surface area contributed by atoms with Crippen molar-refractivity contribution in [1.29, 1.82) is 0 Å². The van der Waals surface area contributed by atoms with E-state index >= 15 is 0 Å². The van der Waals surface area contributed by atoms with Crippen molar-refractivity contribution in [2.45, 2.75) is 26.9 Å². The highest BCUT2D eigenvalue weighted by atomic mass is 127. The lowest BCUT2D eigenvalue weighted by Gasteiger charge is -2.11. The Bertz CT molecular complexity index is 860. The number of benzene rings is 1. The first-order valence-electron chi connectivity index (χ1n) is 8.79. The van der Waals surface area contributed by atoms with Gasteiger partial charge in [-0.15, -0.1) is 24.0 Å². The van der Waals surface area contributed by atoms with Crippen LogP contribution in [0.25, 0.3) is 5.69 Å². The molecule has 2 aromatic heterocycles. The Kier molecular flexibility index (Phi) is 8.25. The van der Waals surface area contributed by atoms with Crippen LogP contribution in [0.15, 0.2) is 65.9 Å². The molecule has 142 valence electrons. The second kappa shape index (κ2) is 10.7. The maximum absolute atomic E-state index is 4.63. The zero-order valence-electron chi connectivity index (χ0n) is 15.6. The molecule has 0 aliphatic heterocycles. The van der Waals surface area contributed by atoms with E-state index in [2.05, 4.69) is 38.7 Å². The quantitative estimate of drug-likeness (QED) is 0.325. The van der Waals surface area contributed by atoms with Gasteiger partial charge in [-0.1, -0.05) is 24.3 Å². The van der Waals surface area contributed by atoms with E-state index in [-0.39, 0.29) is 24.0 Å². The molecule has 0 aliphatic carbocycles. The Morgan fingerprint density at radius 1 is 1.07 bits per heavy atom. The van der Waals surface area contributed by atoms with Crippen molar-refractivity contribution >= 4 is 29.9 Å². The molecule has 0 unspecified atom stereocenters. The number of guanidine groups is 1. The van der Waals surface area contributed by atoms with E-state index in [0.717, 1.165) is 35.1 Å². The van der Waals surface area contributed by atoms with Crippen molar-refractivity contribution in [3.63, 3.8) is 0 Å². The van der Waals surface area contributed by atoms with Crippen molar-refractivity contribution in [1.82, 2.24) is 25.4 Å². The normalized spacial score (nSPS) is 11.0. The Labute approximate surface area is 177 Å². The highest BCUT2D eigenvalue weighted by molar-refractivity contribution is 14.0. The number of nitrogens with zero attached hydrogens (tertiary/aromatic N) is 4. The number of nitrogens with one attached hydrogen (secondary N) is 2. The number of aromatic nitrogens is 3. The van der Waals surface area contributed by atoms with Crippen LogP contribution in [0, 0.1) is 6.92 Å². The largest absolute Gasteiger partial charge is 0.357 e. The van der Waals surface area contributed by atoms with Crippen LogP contribution in [-0.2, 0) is 13.1 Å². The zero-order valence-corrected chi connectivity index (χ0v) is 17.9. The van der Waals surface area contributed by atoms with Crippen molar-refractivity contribution in [3.05, 3.63) is 77.9 Å². The molecule has 0 radical (unpaired) electrons. The minimum absolute atomic E-state index is 0. The molecule has 6 nitrogen and oxygen atoms in total. The Hall–Kier alpha value is -2.42. The Morgan fingerprint density at radius 3 is 2.63 bits per heavy atom. The molecule has 3 rings (SSSR count). The van der Waals surface area contributed by atoms with Crippen LogP contribution in [0.4, 0.5) is 0 Å². The first-order valence-corrected chi connectivity index (χ1v) is 8.79. The summed E-state index contributed by atoms with van der Waals surface area (Å²) in [5.74, 6) is 0.756. The standard InChI is InChI=1S/C20H24N6.HI/c1-3-21-20(24-15-19-16(2)8-7-12-22-19)23-14-17-11-13-26(25-17)18-9-5-4-6-10-18;/h4-13H,3,14-15H2,1-2H3,(H2,21,23,24);1H. The van der Waals surface area contributed by atoms with Gasteiger partial charge in [0.25, 0.3) is 0 Å². The van der Waals surface area contributed by atoms with Gasteiger partial charge in [0.15, 0.2) is 5.96 Å². The summed E-state index contributed by atoms with van der Waals surface area (Å²) >= 11 is 0. The van der Waals surface area contributed by atoms with E-state index in [1.165, 1.54) is 0 Å². The summed E-state index contributed by atoms with van der Waals surface area (Å²) in [5, 5.41) is 11.2. The van der Waals surface area contributed by atoms with Crippen molar-refractivity contribution in [2.75, 3.05) is 6.54 Å². The molecule has 0 saturated heterocycles. The van der Waals surface area contributed by atoms with Crippen LogP contribution < -0.4 is 10.6 Å². The van der Waals surface area contributed by atoms with Gasteiger partial charge in [0.2, 0.25) is 0 Å². The van der Waals surface area contributed by atoms with Crippen molar-refractivity contribution in [3.8, 4) is 5.69 Å². The highest BCUT2D eigenvalue weighted by Gasteiger charge is 2.04. The van der Waals surface area contributed by atoms with Gasteiger partial charge in [0.1, 0.15) is 0 Å². The maximum Gasteiger partial charge on any atom is 0.191 e. The third kappa shape index (κ3) is 6.06. The summed E-state index contributed by atoms with van der Waals surface area (Å²) < 4.78 is 1.86. The van der Waals surface area contributed by atoms with Gasteiger partial charge in [-0.05, 0) is 43.7 Å². The number of para-hydroxylation sites is 1. The van der Waals surface area contributed by atoms with E-state index < -0.39 is 0 Å². The molecule has 2 N–H and O–H groups in total. The van der Waals surface area contributed by atoms with Gasteiger partial charge in [0, 0.05) is 18.9 Å². The number of hydrogen-bond acceptors (Lipinski definition) is 3. The molecule has 27 heavy (non-hydrogen) atoms. The summed E-state index contributed by atoms with van der Waals surface area (Å²) in [7, 11) is 0. The molecule has 0 spiro atoms. The maximum atomic E-state index is 4.63. The van der Waals surface area contributed by atoms with Gasteiger partial charge in [0.05, 0.1) is 30.2 Å². The molecule has 0 bridgehead atoms. The Morgan fingerprint density at radius 2 is 1.89 bits per heavy atom. The lowest BCUT2D eigenvalue weighted by Crippen LogP contribution is -2.37. The Balaban J connectivity index is 0.00000261. The fraction of sp³-hybridized carbons (Fsp3) is 0.250. The first-order chi connectivity index (χ1) is 12.8. The van der Waals surface area contributed by atoms with Crippen LogP contribution in [0.5, 0.6) is 0 Å². The average Bonchev–Trinajstić information content (AvgIpc) is 3.15. The molecule has 2 heterocycles. The second-order valence-electron chi connectivity index (χ2n) is 5.90. The fourth-order valence-corrected chi connectivity index (χ4v) is 2.54. The fourth-order valence-electron chi connectivity index (χ4n) is 2.54. The van der Waals surface area contributed by atoms with Crippen molar-refractivity contribution in [2.24, 2.45) is 4.99 Å². The van der Waals surface area contributed by atoms with Crippen LogP contribution in [0.3, 0.4) is 0 Å². The third-order valence-corrected chi connectivity index (χ3v) is 3.95. The molecule has 0 saturated carbocycles. The smallest absolute Gasteiger partial charge is 0.191 e. The average molecular weight is 476 g/mol. The van der Waals surface area contributed by atoms with Crippen LogP contribution in [0.1, 0.15) is 23.9 Å². The topological polar surface area (TPSA) is 67.1 Å². The number of halogens is 1. The summed E-state index contributed by atoms with van der Waals surface area (Å²) in [4.78, 5) is 9.03. The number of rotatable bonds is 6. The monoisotopic (exact) mass is 476 g/mol. The van der Waals surface area contributed by atoms with Gasteiger partial charge in [-0.25, -0.2) is 9.67 Å². The SMILES string of the molecule is CCNC(=NCc1ccn(-c2ccccc2)n1)NCc1ncccc1C.I. The van der Waals surface area contributed by atoms with Crippen LogP contribution >= 0.6 is 24.0 Å². The van der Waals surface area contributed by atoms with Crippen molar-refractivity contribution < 1.29 is 0 Å². The summed E-state index contributed by atoms with van der Waals surface area (Å²) in [6.45, 7) is 6.05. The molecule has 0 fully saturated rings. The number of aryl methyl sites for hydroxylation is 1. The first kappa shape index (κ1) is 20.9. The molecular formula is C20H25IN6. The van der Waals surface area contributed by atoms with Gasteiger partial charge >= 0.3 is 0 Å². The molecule has 0 amide bonds. The van der Waals surface area contributed by atoms with Gasteiger partial charge in [-0.2, -0.15) is 5.10 Å². The minimum atomic E-state index is 0. The molecule has 0 aliphatic rings. The lowest BCUT2D eigenvalue weighted by molar-refractivity contribution is 0.784.